The average molecular weight is 473 g/mol. The molecule has 1 aliphatic carbocycles. The Morgan fingerprint density at radius 1 is 1.07 bits per heavy atom. The van der Waals surface area contributed by atoms with Gasteiger partial charge in [-0.25, -0.2) is 0 Å². The summed E-state index contributed by atoms with van der Waals surface area (Å²) in [5.41, 5.74) is 1.17. The Morgan fingerprint density at radius 2 is 1.77 bits per heavy atom. The number of ether oxygens (including phenoxy) is 1. The van der Waals surface area contributed by atoms with Crippen molar-refractivity contribution in [2.45, 2.75) is 56.8 Å². The molecule has 5 heteroatoms. The number of benzene rings is 2. The molecule has 1 saturated carbocycles. The van der Waals surface area contributed by atoms with E-state index in [4.69, 9.17) is 4.74 Å². The lowest BCUT2D eigenvalue weighted by Crippen LogP contribution is -2.64. The highest BCUT2D eigenvalue weighted by atomic mass is 79.9. The molecular weight excluding hydrogens is 440 g/mol. The lowest BCUT2D eigenvalue weighted by atomic mass is 9.67. The predicted octanol–water partition coefficient (Wildman–Crippen LogP) is 4.84. The SMILES string of the molecule is CC(c1ccc(OCc2ccccc2)c(Br)c1)(N1CCNCC1)C1(O)CCCCC1. The molecule has 2 N–H and O–H groups in total. The molecule has 1 saturated heterocycles. The second kappa shape index (κ2) is 9.39. The molecule has 4 rings (SSSR count). The lowest BCUT2D eigenvalue weighted by molar-refractivity contribution is -0.134. The van der Waals surface area contributed by atoms with Crippen molar-refractivity contribution in [3.8, 4) is 5.75 Å². The first-order valence-electron chi connectivity index (χ1n) is 11.2. The van der Waals surface area contributed by atoms with Crippen LogP contribution in [0.25, 0.3) is 0 Å². The molecule has 4 nitrogen and oxygen atoms in total. The van der Waals surface area contributed by atoms with Gasteiger partial charge >= 0.3 is 0 Å². The van der Waals surface area contributed by atoms with Crippen LogP contribution in [-0.2, 0) is 12.1 Å². The fourth-order valence-corrected chi connectivity index (χ4v) is 5.63. The molecule has 1 aliphatic heterocycles. The minimum Gasteiger partial charge on any atom is -0.488 e. The van der Waals surface area contributed by atoms with E-state index in [0.29, 0.717) is 6.61 Å². The van der Waals surface area contributed by atoms with E-state index in [2.05, 4.69) is 63.4 Å². The van der Waals surface area contributed by atoms with E-state index in [0.717, 1.165) is 73.2 Å². The second-order valence-corrected chi connectivity index (χ2v) is 9.68. The molecule has 0 bridgehead atoms. The van der Waals surface area contributed by atoms with Gasteiger partial charge in [-0.15, -0.1) is 0 Å². The zero-order valence-corrected chi connectivity index (χ0v) is 19.5. The van der Waals surface area contributed by atoms with Gasteiger partial charge < -0.3 is 15.2 Å². The van der Waals surface area contributed by atoms with Gasteiger partial charge in [-0.3, -0.25) is 4.90 Å². The predicted molar refractivity (Wildman–Crippen MR) is 125 cm³/mol. The van der Waals surface area contributed by atoms with Crippen LogP contribution in [0.4, 0.5) is 0 Å². The van der Waals surface area contributed by atoms with E-state index in [1.807, 2.05) is 18.2 Å². The van der Waals surface area contributed by atoms with E-state index in [1.165, 1.54) is 6.42 Å². The summed E-state index contributed by atoms with van der Waals surface area (Å²) in [4.78, 5) is 2.49. The van der Waals surface area contributed by atoms with Gasteiger partial charge in [0.25, 0.3) is 0 Å². The fourth-order valence-electron chi connectivity index (χ4n) is 5.14. The topological polar surface area (TPSA) is 44.7 Å². The quantitative estimate of drug-likeness (QED) is 0.630. The Kier molecular flexibility index (Phi) is 6.83. The van der Waals surface area contributed by atoms with Crippen molar-refractivity contribution < 1.29 is 9.84 Å². The third-order valence-corrected chi connectivity index (χ3v) is 7.69. The zero-order chi connectivity index (χ0) is 21.0. The van der Waals surface area contributed by atoms with Crippen molar-refractivity contribution in [2.75, 3.05) is 26.2 Å². The van der Waals surface area contributed by atoms with Crippen LogP contribution in [0.1, 0.15) is 50.2 Å². The molecule has 1 unspecified atom stereocenters. The molecule has 1 heterocycles. The summed E-state index contributed by atoms with van der Waals surface area (Å²) >= 11 is 3.74. The van der Waals surface area contributed by atoms with E-state index in [-0.39, 0.29) is 0 Å². The smallest absolute Gasteiger partial charge is 0.134 e. The molecule has 2 aromatic rings. The molecule has 0 aromatic heterocycles. The molecule has 1 atom stereocenters. The van der Waals surface area contributed by atoms with E-state index < -0.39 is 11.1 Å². The Bertz CT molecular complexity index is 832. The lowest BCUT2D eigenvalue weighted by Gasteiger charge is -2.54. The van der Waals surface area contributed by atoms with Crippen LogP contribution in [0, 0.1) is 0 Å². The highest BCUT2D eigenvalue weighted by Crippen LogP contribution is 2.48. The number of nitrogens with one attached hydrogen (secondary N) is 1. The van der Waals surface area contributed by atoms with E-state index in [1.54, 1.807) is 0 Å². The molecule has 0 radical (unpaired) electrons. The molecule has 30 heavy (non-hydrogen) atoms. The normalized spacial score (nSPS) is 21.7. The number of rotatable bonds is 6. The van der Waals surface area contributed by atoms with Crippen LogP contribution in [-0.4, -0.2) is 41.8 Å². The molecule has 2 aromatic carbocycles. The number of aliphatic hydroxyl groups is 1. The zero-order valence-electron chi connectivity index (χ0n) is 17.9. The summed E-state index contributed by atoms with van der Waals surface area (Å²) in [6, 6.07) is 16.6. The molecule has 162 valence electrons. The summed E-state index contributed by atoms with van der Waals surface area (Å²) < 4.78 is 7.02. The van der Waals surface area contributed by atoms with Crippen LogP contribution in [0.3, 0.4) is 0 Å². The third kappa shape index (κ3) is 4.31. The number of nitrogens with zero attached hydrogens (tertiary/aromatic N) is 1. The van der Waals surface area contributed by atoms with Crippen molar-refractivity contribution in [1.29, 1.82) is 0 Å². The van der Waals surface area contributed by atoms with Gasteiger partial charge in [0.2, 0.25) is 0 Å². The van der Waals surface area contributed by atoms with Crippen LogP contribution in [0.15, 0.2) is 53.0 Å². The summed E-state index contributed by atoms with van der Waals surface area (Å²) in [5.74, 6) is 0.834. The monoisotopic (exact) mass is 472 g/mol. The maximum Gasteiger partial charge on any atom is 0.134 e. The van der Waals surface area contributed by atoms with Gasteiger partial charge in [0, 0.05) is 26.2 Å². The minimum absolute atomic E-state index is 0.421. The van der Waals surface area contributed by atoms with Gasteiger partial charge in [0.05, 0.1) is 15.6 Å². The van der Waals surface area contributed by atoms with Gasteiger partial charge in [0.1, 0.15) is 12.4 Å². The van der Waals surface area contributed by atoms with Crippen LogP contribution < -0.4 is 10.1 Å². The third-order valence-electron chi connectivity index (χ3n) is 7.07. The maximum absolute atomic E-state index is 11.9. The van der Waals surface area contributed by atoms with Crippen molar-refractivity contribution in [2.24, 2.45) is 0 Å². The number of hydrogen-bond donors (Lipinski definition) is 2. The summed E-state index contributed by atoms with van der Waals surface area (Å²) in [7, 11) is 0. The van der Waals surface area contributed by atoms with Gasteiger partial charge in [-0.05, 0) is 59.0 Å². The molecule has 2 aliphatic rings. The fraction of sp³-hybridized carbons (Fsp3) is 0.520. The summed E-state index contributed by atoms with van der Waals surface area (Å²) in [6.45, 7) is 6.61. The molecular formula is C25H33BrN2O2. The average Bonchev–Trinajstić information content (AvgIpc) is 2.79. The van der Waals surface area contributed by atoms with Crippen molar-refractivity contribution in [3.63, 3.8) is 0 Å². The number of halogens is 1. The second-order valence-electron chi connectivity index (χ2n) is 8.82. The first kappa shape index (κ1) is 21.8. The highest BCUT2D eigenvalue weighted by molar-refractivity contribution is 9.10. The first-order chi connectivity index (χ1) is 14.5. The Hall–Kier alpha value is -1.40. The van der Waals surface area contributed by atoms with Gasteiger partial charge in [0.15, 0.2) is 0 Å². The standard InChI is InChI=1S/C25H33BrN2O2/c1-24(28-16-14-27-15-17-28,25(29)12-6-3-7-13-25)21-10-11-23(22(26)18-21)30-19-20-8-4-2-5-9-20/h2,4-5,8-11,18,27,29H,3,6-7,12-17,19H2,1H3. The largest absolute Gasteiger partial charge is 0.488 e. The summed E-state index contributed by atoms with van der Waals surface area (Å²) in [6.07, 6.45) is 5.12. The van der Waals surface area contributed by atoms with Crippen LogP contribution >= 0.6 is 15.9 Å². The van der Waals surface area contributed by atoms with Crippen LogP contribution in [0.5, 0.6) is 5.75 Å². The summed E-state index contributed by atoms with van der Waals surface area (Å²) in [5, 5.41) is 15.4. The van der Waals surface area contributed by atoms with Crippen molar-refractivity contribution >= 4 is 15.9 Å². The molecule has 0 amide bonds. The van der Waals surface area contributed by atoms with Crippen LogP contribution in [0.2, 0.25) is 0 Å². The minimum atomic E-state index is -0.714. The van der Waals surface area contributed by atoms with Crippen molar-refractivity contribution in [1.82, 2.24) is 10.2 Å². The van der Waals surface area contributed by atoms with E-state index in [9.17, 15) is 5.11 Å². The Balaban J connectivity index is 1.62. The van der Waals surface area contributed by atoms with E-state index >= 15 is 0 Å². The van der Waals surface area contributed by atoms with Crippen molar-refractivity contribution in [3.05, 3.63) is 64.1 Å². The Labute approximate surface area is 188 Å². The maximum atomic E-state index is 11.9. The van der Waals surface area contributed by atoms with Gasteiger partial charge in [-0.2, -0.15) is 0 Å². The molecule has 0 spiro atoms. The molecule has 2 fully saturated rings. The highest BCUT2D eigenvalue weighted by Gasteiger charge is 2.52. The number of piperazine rings is 1. The van der Waals surface area contributed by atoms with Gasteiger partial charge in [-0.1, -0.05) is 55.7 Å². The Morgan fingerprint density at radius 3 is 2.43 bits per heavy atom. The number of hydrogen-bond acceptors (Lipinski definition) is 4. The first-order valence-corrected chi connectivity index (χ1v) is 12.0.